The highest BCUT2D eigenvalue weighted by Crippen LogP contribution is 2.26. The van der Waals surface area contributed by atoms with Crippen molar-refractivity contribution in [1.29, 1.82) is 0 Å². The fourth-order valence-corrected chi connectivity index (χ4v) is 3.32. The number of aromatic nitrogens is 3. The molecule has 5 nitrogen and oxygen atoms in total. The Kier molecular flexibility index (Phi) is 3.39. The van der Waals surface area contributed by atoms with Crippen molar-refractivity contribution in [1.82, 2.24) is 14.3 Å². The number of nitrogens with zero attached hydrogens (tertiary/aromatic N) is 3. The first-order valence-corrected chi connectivity index (χ1v) is 7.48. The molecule has 1 amide bonds. The second kappa shape index (κ2) is 5.21. The van der Waals surface area contributed by atoms with Gasteiger partial charge in [0.25, 0.3) is 5.91 Å². The van der Waals surface area contributed by atoms with Gasteiger partial charge in [0.05, 0.1) is 5.56 Å². The van der Waals surface area contributed by atoms with E-state index in [1.165, 1.54) is 0 Å². The predicted molar refractivity (Wildman–Crippen MR) is 84.3 cm³/mol. The highest BCUT2D eigenvalue weighted by Gasteiger charge is 2.17. The van der Waals surface area contributed by atoms with E-state index in [4.69, 9.17) is 0 Å². The number of thiophene rings is 1. The lowest BCUT2D eigenvalue weighted by Gasteiger charge is -2.09. The molecule has 108 valence electrons. The maximum Gasteiger partial charge on any atom is 0.259 e. The minimum Gasteiger partial charge on any atom is -0.309 e. The van der Waals surface area contributed by atoms with Crippen molar-refractivity contribution in [3.05, 3.63) is 52.8 Å². The van der Waals surface area contributed by atoms with E-state index in [1.54, 1.807) is 28.3 Å². The SMILES string of the molecule is Cc1ccc(C)n1-c1sccc1C(=O)Nc1ccn(C)n1. The Morgan fingerprint density at radius 1 is 1.19 bits per heavy atom. The summed E-state index contributed by atoms with van der Waals surface area (Å²) in [5.74, 6) is 0.415. The first-order valence-electron chi connectivity index (χ1n) is 6.60. The van der Waals surface area contributed by atoms with Crippen molar-refractivity contribution in [2.24, 2.45) is 7.05 Å². The number of amides is 1. The predicted octanol–water partition coefficient (Wildman–Crippen LogP) is 3.14. The molecule has 0 unspecified atom stereocenters. The number of rotatable bonds is 3. The molecule has 1 N–H and O–H groups in total. The first kappa shape index (κ1) is 13.6. The standard InChI is InChI=1S/C15H16N4OS/c1-10-4-5-11(2)19(10)15-12(7-9-21-15)14(20)16-13-6-8-18(3)17-13/h4-9H,1-3H3,(H,16,17,20). The molecule has 0 aliphatic heterocycles. The Bertz CT molecular complexity index is 777. The molecule has 0 aliphatic carbocycles. The Labute approximate surface area is 126 Å². The fraction of sp³-hybridized carbons (Fsp3) is 0.200. The van der Waals surface area contributed by atoms with Gasteiger partial charge >= 0.3 is 0 Å². The van der Waals surface area contributed by atoms with E-state index >= 15 is 0 Å². The molecular weight excluding hydrogens is 284 g/mol. The van der Waals surface area contributed by atoms with Gasteiger partial charge in [0.2, 0.25) is 0 Å². The van der Waals surface area contributed by atoms with E-state index in [0.29, 0.717) is 11.4 Å². The van der Waals surface area contributed by atoms with Gasteiger partial charge in [0, 0.05) is 30.7 Å². The minimum absolute atomic E-state index is 0.141. The second-order valence-electron chi connectivity index (χ2n) is 4.92. The van der Waals surface area contributed by atoms with Gasteiger partial charge in [-0.1, -0.05) is 0 Å². The van der Waals surface area contributed by atoms with Gasteiger partial charge in [-0.05, 0) is 37.4 Å². The van der Waals surface area contributed by atoms with Crippen LogP contribution in [0.25, 0.3) is 5.00 Å². The topological polar surface area (TPSA) is 51.9 Å². The highest BCUT2D eigenvalue weighted by atomic mass is 32.1. The lowest BCUT2D eigenvalue weighted by Crippen LogP contribution is -2.14. The number of carbonyl (C=O) groups excluding carboxylic acids is 1. The summed E-state index contributed by atoms with van der Waals surface area (Å²) in [5.41, 5.74) is 2.89. The van der Waals surface area contributed by atoms with Crippen LogP contribution in [0, 0.1) is 13.8 Å². The molecule has 3 aromatic rings. The molecule has 0 bridgehead atoms. The summed E-state index contributed by atoms with van der Waals surface area (Å²) in [4.78, 5) is 12.5. The first-order chi connectivity index (χ1) is 10.1. The average molecular weight is 300 g/mol. The summed E-state index contributed by atoms with van der Waals surface area (Å²) in [5, 5.41) is 9.86. The lowest BCUT2D eigenvalue weighted by molar-refractivity contribution is 0.102. The quantitative estimate of drug-likeness (QED) is 0.808. The van der Waals surface area contributed by atoms with Gasteiger partial charge in [-0.2, -0.15) is 5.10 Å². The van der Waals surface area contributed by atoms with Crippen molar-refractivity contribution >= 4 is 23.1 Å². The van der Waals surface area contributed by atoms with E-state index < -0.39 is 0 Å². The molecule has 3 heterocycles. The van der Waals surface area contributed by atoms with Gasteiger partial charge in [0.15, 0.2) is 5.82 Å². The monoisotopic (exact) mass is 300 g/mol. The Morgan fingerprint density at radius 3 is 2.52 bits per heavy atom. The molecular formula is C15H16N4OS. The van der Waals surface area contributed by atoms with Crippen molar-refractivity contribution in [2.75, 3.05) is 5.32 Å². The van der Waals surface area contributed by atoms with Crippen LogP contribution in [0.2, 0.25) is 0 Å². The van der Waals surface area contributed by atoms with Crippen molar-refractivity contribution in [3.63, 3.8) is 0 Å². The van der Waals surface area contributed by atoms with Crippen LogP contribution in [0.4, 0.5) is 5.82 Å². The van der Waals surface area contributed by atoms with Crippen LogP contribution in [0.5, 0.6) is 0 Å². The van der Waals surface area contributed by atoms with Crippen LogP contribution >= 0.6 is 11.3 Å². The maximum atomic E-state index is 12.5. The molecule has 0 aromatic carbocycles. The summed E-state index contributed by atoms with van der Waals surface area (Å²) in [6.07, 6.45) is 1.80. The third kappa shape index (κ3) is 2.50. The number of hydrogen-bond donors (Lipinski definition) is 1. The molecule has 21 heavy (non-hydrogen) atoms. The number of aryl methyl sites for hydroxylation is 3. The molecule has 0 saturated carbocycles. The normalized spacial score (nSPS) is 10.8. The number of nitrogens with one attached hydrogen (secondary N) is 1. The zero-order chi connectivity index (χ0) is 15.0. The Hall–Kier alpha value is -2.34. The van der Waals surface area contributed by atoms with E-state index in [-0.39, 0.29) is 5.91 Å². The van der Waals surface area contributed by atoms with Crippen LogP contribution in [-0.4, -0.2) is 20.3 Å². The molecule has 0 aliphatic rings. The third-order valence-corrected chi connectivity index (χ3v) is 4.22. The van der Waals surface area contributed by atoms with Crippen LogP contribution in [-0.2, 0) is 7.05 Å². The fourth-order valence-electron chi connectivity index (χ4n) is 2.30. The van der Waals surface area contributed by atoms with E-state index in [1.807, 2.05) is 32.3 Å². The molecule has 3 aromatic heterocycles. The summed E-state index contributed by atoms with van der Waals surface area (Å²) in [6.45, 7) is 4.07. The summed E-state index contributed by atoms with van der Waals surface area (Å²) < 4.78 is 3.75. The van der Waals surface area contributed by atoms with Gasteiger partial charge in [0.1, 0.15) is 5.00 Å². The summed E-state index contributed by atoms with van der Waals surface area (Å²) >= 11 is 1.56. The van der Waals surface area contributed by atoms with Crippen LogP contribution in [0.15, 0.2) is 35.8 Å². The Balaban J connectivity index is 1.94. The largest absolute Gasteiger partial charge is 0.309 e. The molecule has 3 rings (SSSR count). The zero-order valence-electron chi connectivity index (χ0n) is 12.1. The molecule has 0 spiro atoms. The molecule has 0 radical (unpaired) electrons. The van der Waals surface area contributed by atoms with Crippen LogP contribution in [0.1, 0.15) is 21.7 Å². The second-order valence-corrected chi connectivity index (χ2v) is 5.81. The van der Waals surface area contributed by atoms with Crippen molar-refractivity contribution < 1.29 is 4.79 Å². The number of carbonyl (C=O) groups is 1. The van der Waals surface area contributed by atoms with Gasteiger partial charge in [-0.15, -0.1) is 11.3 Å². The van der Waals surface area contributed by atoms with Crippen LogP contribution in [0.3, 0.4) is 0 Å². The van der Waals surface area contributed by atoms with Crippen molar-refractivity contribution in [2.45, 2.75) is 13.8 Å². The zero-order valence-corrected chi connectivity index (χ0v) is 12.9. The molecule has 0 fully saturated rings. The molecule has 6 heteroatoms. The molecule has 0 atom stereocenters. The number of anilines is 1. The average Bonchev–Trinajstić information content (AvgIpc) is 3.12. The van der Waals surface area contributed by atoms with Crippen molar-refractivity contribution in [3.8, 4) is 5.00 Å². The minimum atomic E-state index is -0.141. The van der Waals surface area contributed by atoms with Gasteiger partial charge < -0.3 is 9.88 Å². The summed E-state index contributed by atoms with van der Waals surface area (Å²) in [6, 6.07) is 7.72. The van der Waals surface area contributed by atoms with E-state index in [9.17, 15) is 4.79 Å². The summed E-state index contributed by atoms with van der Waals surface area (Å²) in [7, 11) is 1.82. The molecule has 0 saturated heterocycles. The van der Waals surface area contributed by atoms with Crippen LogP contribution < -0.4 is 5.32 Å². The maximum absolute atomic E-state index is 12.5. The Morgan fingerprint density at radius 2 is 1.90 bits per heavy atom. The van der Waals surface area contributed by atoms with Gasteiger partial charge in [-0.3, -0.25) is 9.48 Å². The van der Waals surface area contributed by atoms with E-state index in [0.717, 1.165) is 16.4 Å². The number of hydrogen-bond acceptors (Lipinski definition) is 3. The van der Waals surface area contributed by atoms with E-state index in [2.05, 4.69) is 27.1 Å². The van der Waals surface area contributed by atoms with Gasteiger partial charge in [-0.25, -0.2) is 0 Å². The lowest BCUT2D eigenvalue weighted by atomic mass is 10.3. The highest BCUT2D eigenvalue weighted by molar-refractivity contribution is 7.13. The third-order valence-electron chi connectivity index (χ3n) is 3.32. The smallest absolute Gasteiger partial charge is 0.259 e.